The molecule has 1 amide bonds. The Bertz CT molecular complexity index is 484. The summed E-state index contributed by atoms with van der Waals surface area (Å²) < 4.78 is 5.01. The number of phenolic OH excluding ortho intramolecular Hbond substituents is 1. The summed E-state index contributed by atoms with van der Waals surface area (Å²) in [6, 6.07) is 5.03. The molecule has 0 heterocycles. The maximum Gasteiger partial charge on any atom is 0.254 e. The van der Waals surface area contributed by atoms with E-state index in [4.69, 9.17) is 10.5 Å². The molecule has 0 saturated heterocycles. The van der Waals surface area contributed by atoms with Crippen LogP contribution in [-0.2, 0) is 0 Å². The Kier molecular flexibility index (Phi) is 5.44. The number of aromatic hydroxyl groups is 1. The van der Waals surface area contributed by atoms with Gasteiger partial charge in [-0.3, -0.25) is 4.79 Å². The van der Waals surface area contributed by atoms with Crippen LogP contribution in [0.15, 0.2) is 18.2 Å². The summed E-state index contributed by atoms with van der Waals surface area (Å²) in [5.74, 6) is 0.291. The maximum absolute atomic E-state index is 12.7. The highest BCUT2D eigenvalue weighted by atomic mass is 16.5. The van der Waals surface area contributed by atoms with Crippen molar-refractivity contribution in [2.45, 2.75) is 38.1 Å². The van der Waals surface area contributed by atoms with E-state index in [1.165, 1.54) is 19.6 Å². The van der Waals surface area contributed by atoms with Crippen molar-refractivity contribution in [3.05, 3.63) is 23.8 Å². The largest absolute Gasteiger partial charge is 0.504 e. The van der Waals surface area contributed by atoms with E-state index in [9.17, 15) is 9.90 Å². The van der Waals surface area contributed by atoms with Crippen molar-refractivity contribution in [3.8, 4) is 11.5 Å². The summed E-state index contributed by atoms with van der Waals surface area (Å²) in [7, 11) is 1.49. The molecule has 1 aromatic rings. The van der Waals surface area contributed by atoms with Crippen LogP contribution in [0, 0.1) is 0 Å². The predicted octanol–water partition coefficient (Wildman–Crippen LogP) is 2.13. The van der Waals surface area contributed by atoms with Crippen molar-refractivity contribution in [1.82, 2.24) is 4.90 Å². The first-order chi connectivity index (χ1) is 10.2. The molecule has 1 saturated carbocycles. The lowest BCUT2D eigenvalue weighted by Crippen LogP contribution is -2.44. The third kappa shape index (κ3) is 3.67. The van der Waals surface area contributed by atoms with Crippen molar-refractivity contribution in [3.63, 3.8) is 0 Å². The second-order valence-corrected chi connectivity index (χ2v) is 5.47. The molecule has 5 heteroatoms. The molecule has 1 aliphatic rings. The van der Waals surface area contributed by atoms with Crippen molar-refractivity contribution >= 4 is 5.91 Å². The van der Waals surface area contributed by atoms with Gasteiger partial charge in [-0.15, -0.1) is 0 Å². The van der Waals surface area contributed by atoms with E-state index in [0.717, 1.165) is 25.7 Å². The summed E-state index contributed by atoms with van der Waals surface area (Å²) in [6.45, 7) is 1.00. The van der Waals surface area contributed by atoms with Crippen molar-refractivity contribution in [2.24, 2.45) is 5.73 Å². The number of ether oxygens (including phenoxy) is 1. The van der Waals surface area contributed by atoms with Crippen molar-refractivity contribution in [2.75, 3.05) is 20.2 Å². The molecule has 0 atom stereocenters. The van der Waals surface area contributed by atoms with E-state index >= 15 is 0 Å². The monoisotopic (exact) mass is 292 g/mol. The molecule has 5 nitrogen and oxygen atoms in total. The number of nitrogens with two attached hydrogens (primary N) is 1. The molecular formula is C16H24N2O3. The molecule has 0 aromatic heterocycles. The minimum absolute atomic E-state index is 0.0142. The molecule has 21 heavy (non-hydrogen) atoms. The zero-order chi connectivity index (χ0) is 15.2. The van der Waals surface area contributed by atoms with Gasteiger partial charge in [0.15, 0.2) is 11.5 Å². The molecule has 1 aliphatic carbocycles. The summed E-state index contributed by atoms with van der Waals surface area (Å²) in [6.07, 6.45) is 5.63. The maximum atomic E-state index is 12.7. The molecule has 0 bridgehead atoms. The zero-order valence-corrected chi connectivity index (χ0v) is 12.5. The quantitative estimate of drug-likeness (QED) is 0.871. The molecule has 116 valence electrons. The second kappa shape index (κ2) is 7.31. The Morgan fingerprint density at radius 2 is 2.10 bits per heavy atom. The lowest BCUT2D eigenvalue weighted by Gasteiger charge is -2.34. The lowest BCUT2D eigenvalue weighted by molar-refractivity contribution is 0.0641. The number of phenols is 1. The summed E-state index contributed by atoms with van der Waals surface area (Å²) in [5.41, 5.74) is 6.14. The zero-order valence-electron chi connectivity index (χ0n) is 12.5. The van der Waals surface area contributed by atoms with Crippen LogP contribution in [0.4, 0.5) is 0 Å². The van der Waals surface area contributed by atoms with Gasteiger partial charge in [-0.25, -0.2) is 0 Å². The molecule has 0 aliphatic heterocycles. The summed E-state index contributed by atoms with van der Waals surface area (Å²) in [5, 5.41) is 9.84. The summed E-state index contributed by atoms with van der Waals surface area (Å²) >= 11 is 0. The van der Waals surface area contributed by atoms with Crippen LogP contribution < -0.4 is 10.5 Å². The van der Waals surface area contributed by atoms with E-state index in [0.29, 0.717) is 24.4 Å². The Morgan fingerprint density at radius 1 is 1.38 bits per heavy atom. The number of hydrogen-bond acceptors (Lipinski definition) is 4. The average Bonchev–Trinajstić information content (AvgIpc) is 2.52. The molecule has 3 N–H and O–H groups in total. The van der Waals surface area contributed by atoms with Crippen LogP contribution in [0.25, 0.3) is 0 Å². The van der Waals surface area contributed by atoms with Gasteiger partial charge in [0.05, 0.1) is 7.11 Å². The first kappa shape index (κ1) is 15.6. The minimum Gasteiger partial charge on any atom is -0.504 e. The topological polar surface area (TPSA) is 75.8 Å². The van der Waals surface area contributed by atoms with Crippen molar-refractivity contribution < 1.29 is 14.6 Å². The Balaban J connectivity index is 2.19. The average molecular weight is 292 g/mol. The number of benzene rings is 1. The van der Waals surface area contributed by atoms with Crippen LogP contribution in [0.5, 0.6) is 11.5 Å². The highest BCUT2D eigenvalue weighted by Crippen LogP contribution is 2.28. The number of nitrogens with zero attached hydrogens (tertiary/aromatic N) is 1. The van der Waals surface area contributed by atoms with Gasteiger partial charge in [-0.1, -0.05) is 19.3 Å². The Hall–Kier alpha value is -1.75. The number of hydrogen-bond donors (Lipinski definition) is 2. The summed E-state index contributed by atoms with van der Waals surface area (Å²) in [4.78, 5) is 14.6. The van der Waals surface area contributed by atoms with Crippen LogP contribution in [0.2, 0.25) is 0 Å². The molecule has 2 rings (SSSR count). The lowest BCUT2D eigenvalue weighted by atomic mass is 9.93. The van der Waals surface area contributed by atoms with Gasteiger partial charge in [0.1, 0.15) is 0 Å². The highest BCUT2D eigenvalue weighted by Gasteiger charge is 2.26. The molecule has 0 spiro atoms. The fourth-order valence-corrected chi connectivity index (χ4v) is 2.97. The fourth-order valence-electron chi connectivity index (χ4n) is 2.97. The Morgan fingerprint density at radius 3 is 2.67 bits per heavy atom. The van der Waals surface area contributed by atoms with Gasteiger partial charge in [0.2, 0.25) is 0 Å². The van der Waals surface area contributed by atoms with Gasteiger partial charge in [0, 0.05) is 24.7 Å². The van der Waals surface area contributed by atoms with Gasteiger partial charge in [-0.05, 0) is 31.0 Å². The first-order valence-electron chi connectivity index (χ1n) is 7.55. The van der Waals surface area contributed by atoms with Gasteiger partial charge in [0.25, 0.3) is 5.91 Å². The third-order valence-electron chi connectivity index (χ3n) is 4.07. The third-order valence-corrected chi connectivity index (χ3v) is 4.07. The first-order valence-corrected chi connectivity index (χ1v) is 7.55. The van der Waals surface area contributed by atoms with Crippen molar-refractivity contribution in [1.29, 1.82) is 0 Å². The van der Waals surface area contributed by atoms with E-state index in [1.54, 1.807) is 12.1 Å². The van der Waals surface area contributed by atoms with Crippen LogP contribution in [0.1, 0.15) is 42.5 Å². The fraction of sp³-hybridized carbons (Fsp3) is 0.562. The van der Waals surface area contributed by atoms with Gasteiger partial charge >= 0.3 is 0 Å². The number of carbonyl (C=O) groups excluding carboxylic acids is 1. The highest BCUT2D eigenvalue weighted by molar-refractivity contribution is 5.95. The molecule has 0 unspecified atom stereocenters. The van der Waals surface area contributed by atoms with E-state index in [-0.39, 0.29) is 17.7 Å². The number of methoxy groups -OCH3 is 1. The standard InChI is InChI=1S/C16H24N2O3/c1-21-15-8-7-12(11-14(15)19)16(20)18(10-9-17)13-5-3-2-4-6-13/h7-8,11,13,19H,2-6,9-10,17H2,1H3. The predicted molar refractivity (Wildman–Crippen MR) is 81.6 cm³/mol. The van der Waals surface area contributed by atoms with Crippen LogP contribution >= 0.6 is 0 Å². The van der Waals surface area contributed by atoms with Crippen LogP contribution in [0.3, 0.4) is 0 Å². The van der Waals surface area contributed by atoms with E-state index in [2.05, 4.69) is 0 Å². The molecule has 1 fully saturated rings. The molecular weight excluding hydrogens is 268 g/mol. The second-order valence-electron chi connectivity index (χ2n) is 5.47. The number of amides is 1. The Labute approximate surface area is 125 Å². The van der Waals surface area contributed by atoms with E-state index < -0.39 is 0 Å². The number of rotatable bonds is 5. The molecule has 1 aromatic carbocycles. The molecule has 0 radical (unpaired) electrons. The SMILES string of the molecule is COc1ccc(C(=O)N(CCN)C2CCCCC2)cc1O. The van der Waals surface area contributed by atoms with Crippen LogP contribution in [-0.4, -0.2) is 42.2 Å². The normalized spacial score (nSPS) is 15.7. The van der Waals surface area contributed by atoms with Gasteiger partial charge in [-0.2, -0.15) is 0 Å². The van der Waals surface area contributed by atoms with E-state index in [1.807, 2.05) is 4.90 Å². The smallest absolute Gasteiger partial charge is 0.254 e. The minimum atomic E-state index is -0.0645. The number of carbonyl (C=O) groups is 1. The van der Waals surface area contributed by atoms with Gasteiger partial charge < -0.3 is 20.5 Å².